The van der Waals surface area contributed by atoms with Crippen molar-refractivity contribution < 1.29 is 58.1 Å². The third-order valence-electron chi connectivity index (χ3n) is 11.7. The van der Waals surface area contributed by atoms with Crippen molar-refractivity contribution in [2.24, 2.45) is 11.8 Å². The fourth-order valence-electron chi connectivity index (χ4n) is 7.79. The van der Waals surface area contributed by atoms with E-state index in [0.717, 1.165) is 9.80 Å². The van der Waals surface area contributed by atoms with Crippen molar-refractivity contribution in [1.29, 1.82) is 0 Å². The highest BCUT2D eigenvalue weighted by molar-refractivity contribution is 6.03. The number of nitrogens with zero attached hydrogens (tertiary/aromatic N) is 2. The number of carbonyl (C=O) groups is 9. The van der Waals surface area contributed by atoms with Crippen molar-refractivity contribution in [1.82, 2.24) is 41.7 Å². The van der Waals surface area contributed by atoms with Gasteiger partial charge in [0, 0.05) is 26.8 Å². The molecule has 2 aliphatic rings. The van der Waals surface area contributed by atoms with Gasteiger partial charge in [0.05, 0.1) is 0 Å². The van der Waals surface area contributed by atoms with Crippen molar-refractivity contribution >= 4 is 53.2 Å². The Morgan fingerprint density at radius 1 is 0.821 bits per heavy atom. The third kappa shape index (κ3) is 13.8. The second kappa shape index (κ2) is 23.6. The van der Waals surface area contributed by atoms with Gasteiger partial charge in [0.2, 0.25) is 35.4 Å². The van der Waals surface area contributed by atoms with Crippen LogP contribution in [0.3, 0.4) is 0 Å². The fraction of sp³-hybridized carbons (Fsp3) is 0.511. The molecule has 0 unspecified atom stereocenters. The molecule has 0 aromatic heterocycles. The van der Waals surface area contributed by atoms with Crippen LogP contribution in [0.15, 0.2) is 66.4 Å². The summed E-state index contributed by atoms with van der Waals surface area (Å²) >= 11 is 0. The molecule has 67 heavy (non-hydrogen) atoms. The number of hydrogen-bond donors (Lipinski definition) is 8. The number of allylic oxidation sites excluding steroid dienone is 1. The number of aliphatic hydroxyl groups is 1. The summed E-state index contributed by atoms with van der Waals surface area (Å²) in [6.45, 7) is 11.8. The van der Waals surface area contributed by atoms with E-state index in [-0.39, 0.29) is 37.1 Å². The van der Waals surface area contributed by atoms with Gasteiger partial charge in [0.1, 0.15) is 66.1 Å². The molecule has 4 rings (SSSR count). The van der Waals surface area contributed by atoms with E-state index in [9.17, 15) is 53.4 Å². The number of fused-ring (bicyclic) bond motifs is 2. The minimum absolute atomic E-state index is 0.0530. The van der Waals surface area contributed by atoms with Crippen molar-refractivity contribution in [3.63, 3.8) is 0 Å². The molecule has 364 valence electrons. The maximum absolute atomic E-state index is 14.9. The standard InChI is InChI=1S/C47H64N8O12/c1-10-32-41(60)50-33-20-21-36(58)55(45(33)64)35(23-29-14-12-11-13-15-29)46(65)54(9)34(22-30-16-18-31(57)19-17-30)42(61)52-38(25(4)5)47(66)67-27(7)39(44(63)49-32)53-43(62)37(24(2)3)51-40(59)26(6)48-28(8)56/h10-19,24-27,33-39,57-58H,20-23H2,1-9H3,(H,48,56)(H,49,63)(H,50,60)(H,51,59)(H,52,61)(H,53,62)/b32-10-/t26-,27+,33-,34-,35-,36+,37-,38-,39-/m0/s1. The number of piperidine rings is 1. The first-order valence-electron chi connectivity index (χ1n) is 22.3. The molecule has 9 atom stereocenters. The van der Waals surface area contributed by atoms with Crippen molar-refractivity contribution in [2.75, 3.05) is 7.05 Å². The summed E-state index contributed by atoms with van der Waals surface area (Å²) in [5, 5.41) is 36.8. The maximum Gasteiger partial charge on any atom is 0.329 e. The van der Waals surface area contributed by atoms with Gasteiger partial charge in [-0.3, -0.25) is 38.4 Å². The van der Waals surface area contributed by atoms with Crippen LogP contribution in [0.25, 0.3) is 0 Å². The molecule has 2 aromatic rings. The van der Waals surface area contributed by atoms with E-state index in [2.05, 4.69) is 31.9 Å². The van der Waals surface area contributed by atoms with Gasteiger partial charge >= 0.3 is 5.97 Å². The van der Waals surface area contributed by atoms with E-state index in [1.165, 1.54) is 53.0 Å². The van der Waals surface area contributed by atoms with Crippen LogP contribution >= 0.6 is 0 Å². The second-order valence-corrected chi connectivity index (χ2v) is 17.6. The Morgan fingerprint density at radius 2 is 1.43 bits per heavy atom. The number of likely N-dealkylation sites (N-methyl/N-ethyl adjacent to an activating group) is 1. The number of rotatable bonds is 11. The number of phenols is 1. The molecule has 2 aromatic carbocycles. The normalized spacial score (nSPS) is 25.1. The Hall–Kier alpha value is -6.83. The Morgan fingerprint density at radius 3 is 2.01 bits per heavy atom. The minimum Gasteiger partial charge on any atom is -0.508 e. The summed E-state index contributed by atoms with van der Waals surface area (Å²) in [5.74, 6) is -8.78. The van der Waals surface area contributed by atoms with E-state index in [1.807, 2.05) is 0 Å². The molecule has 0 saturated carbocycles. The number of esters is 1. The maximum atomic E-state index is 14.9. The predicted octanol–water partition coefficient (Wildman–Crippen LogP) is 0.0549. The number of hydrogen-bond acceptors (Lipinski definition) is 12. The zero-order valence-corrected chi connectivity index (χ0v) is 39.3. The summed E-state index contributed by atoms with van der Waals surface area (Å²) in [7, 11) is 1.36. The van der Waals surface area contributed by atoms with Crippen molar-refractivity contribution in [3.8, 4) is 5.75 Å². The number of nitrogens with one attached hydrogen (secondary N) is 6. The van der Waals surface area contributed by atoms with Crippen LogP contribution in [-0.4, -0.2) is 135 Å². The molecule has 0 radical (unpaired) electrons. The molecule has 2 saturated heterocycles. The summed E-state index contributed by atoms with van der Waals surface area (Å²) in [5.41, 5.74) is 0.747. The first kappa shape index (κ1) is 52.8. The summed E-state index contributed by atoms with van der Waals surface area (Å²) in [6, 6.07) is 5.01. The van der Waals surface area contributed by atoms with Crippen LogP contribution < -0.4 is 31.9 Å². The average Bonchev–Trinajstić information content (AvgIpc) is 3.27. The molecular formula is C47H64N8O12. The van der Waals surface area contributed by atoms with Gasteiger partial charge in [0.25, 0.3) is 11.8 Å². The number of aliphatic hydroxyl groups excluding tert-OH is 1. The van der Waals surface area contributed by atoms with Crippen LogP contribution in [0.4, 0.5) is 0 Å². The molecule has 0 spiro atoms. The highest BCUT2D eigenvalue weighted by Crippen LogP contribution is 2.25. The number of benzene rings is 2. The fourth-order valence-corrected chi connectivity index (χ4v) is 7.79. The summed E-state index contributed by atoms with van der Waals surface area (Å²) in [6.07, 6.45) is -2.16. The molecule has 8 N–H and O–H groups in total. The van der Waals surface area contributed by atoms with E-state index >= 15 is 0 Å². The number of amides is 8. The van der Waals surface area contributed by atoms with Crippen LogP contribution in [0.2, 0.25) is 0 Å². The van der Waals surface area contributed by atoms with Crippen LogP contribution in [-0.2, 0) is 60.7 Å². The lowest BCUT2D eigenvalue weighted by Gasteiger charge is -2.43. The highest BCUT2D eigenvalue weighted by Gasteiger charge is 2.45. The molecular weight excluding hydrogens is 869 g/mol. The topological polar surface area (TPSA) is 282 Å². The highest BCUT2D eigenvalue weighted by atomic mass is 16.5. The zero-order chi connectivity index (χ0) is 49.9. The molecule has 20 nitrogen and oxygen atoms in total. The van der Waals surface area contributed by atoms with Gasteiger partial charge in [-0.15, -0.1) is 0 Å². The Kier molecular flexibility index (Phi) is 18.6. The molecule has 8 amide bonds. The third-order valence-corrected chi connectivity index (χ3v) is 11.7. The Balaban J connectivity index is 1.84. The average molecular weight is 933 g/mol. The van der Waals surface area contributed by atoms with Crippen LogP contribution in [0.5, 0.6) is 5.75 Å². The minimum atomic E-state index is -1.75. The van der Waals surface area contributed by atoms with Crippen LogP contribution in [0, 0.1) is 11.8 Å². The SMILES string of the molecule is C/C=C1\NC(=O)[C@@H](NC(=O)[C@@H](NC(=O)[C@H](C)NC(C)=O)C(C)C)[C@@H](C)OC(=O)[C@H](C(C)C)NC(=O)[C@H](Cc2ccc(O)cc2)N(C)C(=O)[C@H](Cc2ccccc2)N2C(=O)[C@H](CC[C@H]2O)NC1=O. The molecule has 2 heterocycles. The summed E-state index contributed by atoms with van der Waals surface area (Å²) in [4.78, 5) is 127. The molecule has 0 aliphatic carbocycles. The number of aromatic hydroxyl groups is 1. The van der Waals surface area contributed by atoms with Gasteiger partial charge in [0.15, 0.2) is 0 Å². The first-order valence-corrected chi connectivity index (χ1v) is 22.3. The van der Waals surface area contributed by atoms with E-state index < -0.39 is 120 Å². The summed E-state index contributed by atoms with van der Waals surface area (Å²) < 4.78 is 5.83. The van der Waals surface area contributed by atoms with Gasteiger partial charge in [-0.05, 0) is 68.7 Å². The Bertz CT molecular complexity index is 2180. The molecule has 2 bridgehead atoms. The molecule has 2 fully saturated rings. The van der Waals surface area contributed by atoms with Gasteiger partial charge in [-0.25, -0.2) is 4.79 Å². The van der Waals surface area contributed by atoms with Crippen molar-refractivity contribution in [3.05, 3.63) is 77.5 Å². The van der Waals surface area contributed by atoms with E-state index in [4.69, 9.17) is 4.74 Å². The monoisotopic (exact) mass is 932 g/mol. The van der Waals surface area contributed by atoms with Crippen LogP contribution in [0.1, 0.15) is 79.4 Å². The van der Waals surface area contributed by atoms with Gasteiger partial charge in [-0.1, -0.05) is 76.2 Å². The lowest BCUT2D eigenvalue weighted by molar-refractivity contribution is -0.165. The predicted molar refractivity (Wildman–Crippen MR) is 243 cm³/mol. The number of carbonyl (C=O) groups excluding carboxylic acids is 9. The first-order chi connectivity index (χ1) is 31.5. The largest absolute Gasteiger partial charge is 0.508 e. The zero-order valence-electron chi connectivity index (χ0n) is 39.3. The lowest BCUT2D eigenvalue weighted by Crippen LogP contribution is -2.64. The van der Waals surface area contributed by atoms with E-state index in [1.54, 1.807) is 70.2 Å². The molecule has 20 heteroatoms. The number of cyclic esters (lactones) is 1. The van der Waals surface area contributed by atoms with Gasteiger partial charge in [-0.2, -0.15) is 0 Å². The Labute approximate surface area is 390 Å². The van der Waals surface area contributed by atoms with Gasteiger partial charge < -0.3 is 56.7 Å². The number of phenolic OH excluding ortho intramolecular Hbond substituents is 1. The van der Waals surface area contributed by atoms with Crippen molar-refractivity contribution in [2.45, 2.75) is 136 Å². The lowest BCUT2D eigenvalue weighted by atomic mass is 9.95. The smallest absolute Gasteiger partial charge is 0.329 e. The quantitative estimate of drug-likeness (QED) is 0.110. The second-order valence-electron chi connectivity index (χ2n) is 17.6. The van der Waals surface area contributed by atoms with E-state index in [0.29, 0.717) is 11.1 Å². The number of ether oxygens (including phenoxy) is 1. The molecule has 2 aliphatic heterocycles.